The number of hydrogen-bond donors (Lipinski definition) is 1. The first-order chi connectivity index (χ1) is 9.65. The van der Waals surface area contributed by atoms with E-state index in [-0.39, 0.29) is 6.04 Å². The molecule has 0 amide bonds. The van der Waals surface area contributed by atoms with Gasteiger partial charge in [-0.05, 0) is 32.1 Å². The van der Waals surface area contributed by atoms with Crippen molar-refractivity contribution in [3.05, 3.63) is 17.3 Å². The molecule has 0 aromatic carbocycles. The van der Waals surface area contributed by atoms with Crippen LogP contribution in [0.2, 0.25) is 0 Å². The molecule has 1 saturated heterocycles. The SMILES string of the molecule is CC(N)Cc1c(N2CCCC(C)CC2)nc2sccn12. The molecular weight excluding hydrogens is 268 g/mol. The largest absolute Gasteiger partial charge is 0.355 e. The summed E-state index contributed by atoms with van der Waals surface area (Å²) in [6.07, 6.45) is 6.88. The number of anilines is 1. The predicted molar refractivity (Wildman–Crippen MR) is 85.7 cm³/mol. The molecule has 0 bridgehead atoms. The molecule has 2 aromatic rings. The Labute approximate surface area is 124 Å². The maximum atomic E-state index is 6.04. The van der Waals surface area contributed by atoms with Gasteiger partial charge in [-0.25, -0.2) is 4.98 Å². The second kappa shape index (κ2) is 5.74. The number of aromatic nitrogens is 2. The number of hydrogen-bond acceptors (Lipinski definition) is 4. The van der Waals surface area contributed by atoms with Crippen molar-refractivity contribution in [2.75, 3.05) is 18.0 Å². The molecule has 3 heterocycles. The Morgan fingerprint density at radius 2 is 2.30 bits per heavy atom. The van der Waals surface area contributed by atoms with Crippen molar-refractivity contribution >= 4 is 22.1 Å². The zero-order valence-electron chi connectivity index (χ0n) is 12.4. The van der Waals surface area contributed by atoms with Crippen LogP contribution in [-0.4, -0.2) is 28.5 Å². The van der Waals surface area contributed by atoms with E-state index in [1.165, 1.54) is 30.8 Å². The van der Waals surface area contributed by atoms with Gasteiger partial charge in [-0.15, -0.1) is 11.3 Å². The number of imidazole rings is 1. The summed E-state index contributed by atoms with van der Waals surface area (Å²) >= 11 is 1.70. The quantitative estimate of drug-likeness (QED) is 0.946. The fourth-order valence-electron chi connectivity index (χ4n) is 3.04. The smallest absolute Gasteiger partial charge is 0.195 e. The van der Waals surface area contributed by atoms with Crippen molar-refractivity contribution in [2.45, 2.75) is 45.6 Å². The molecule has 0 saturated carbocycles. The van der Waals surface area contributed by atoms with Crippen molar-refractivity contribution in [3.63, 3.8) is 0 Å². The summed E-state index contributed by atoms with van der Waals surface area (Å²) in [6.45, 7) is 6.68. The van der Waals surface area contributed by atoms with Crippen LogP contribution in [0.15, 0.2) is 11.6 Å². The number of thiazole rings is 1. The normalized spacial score (nSPS) is 22.1. The third kappa shape index (κ3) is 2.69. The second-order valence-corrected chi connectivity index (χ2v) is 7.02. The number of nitrogens with zero attached hydrogens (tertiary/aromatic N) is 3. The lowest BCUT2D eigenvalue weighted by atomic mass is 10.0. The van der Waals surface area contributed by atoms with E-state index in [2.05, 4.69) is 34.7 Å². The van der Waals surface area contributed by atoms with Gasteiger partial charge in [0.25, 0.3) is 0 Å². The maximum Gasteiger partial charge on any atom is 0.195 e. The zero-order valence-corrected chi connectivity index (χ0v) is 13.2. The molecule has 5 heteroatoms. The monoisotopic (exact) mass is 292 g/mol. The number of rotatable bonds is 3. The van der Waals surface area contributed by atoms with Gasteiger partial charge in [0.15, 0.2) is 10.8 Å². The Balaban J connectivity index is 1.94. The highest BCUT2D eigenvalue weighted by molar-refractivity contribution is 7.15. The molecule has 0 radical (unpaired) electrons. The Morgan fingerprint density at radius 1 is 1.45 bits per heavy atom. The summed E-state index contributed by atoms with van der Waals surface area (Å²) in [7, 11) is 0. The van der Waals surface area contributed by atoms with Crippen LogP contribution in [0.5, 0.6) is 0 Å². The van der Waals surface area contributed by atoms with Crippen molar-refractivity contribution in [2.24, 2.45) is 11.7 Å². The minimum absolute atomic E-state index is 0.166. The Hall–Kier alpha value is -1.07. The molecule has 2 atom stereocenters. The summed E-state index contributed by atoms with van der Waals surface area (Å²) in [6, 6.07) is 0.166. The van der Waals surface area contributed by atoms with Gasteiger partial charge < -0.3 is 10.6 Å². The molecule has 2 N–H and O–H groups in total. The minimum Gasteiger partial charge on any atom is -0.355 e. The average molecular weight is 292 g/mol. The van der Waals surface area contributed by atoms with Gasteiger partial charge in [0.05, 0.1) is 5.69 Å². The highest BCUT2D eigenvalue weighted by Gasteiger charge is 2.22. The highest BCUT2D eigenvalue weighted by Crippen LogP contribution is 2.28. The summed E-state index contributed by atoms with van der Waals surface area (Å²) in [4.78, 5) is 8.43. The third-order valence-electron chi connectivity index (χ3n) is 4.17. The first-order valence-electron chi connectivity index (χ1n) is 7.60. The summed E-state index contributed by atoms with van der Waals surface area (Å²) < 4.78 is 2.22. The second-order valence-electron chi connectivity index (χ2n) is 6.14. The van der Waals surface area contributed by atoms with Crippen molar-refractivity contribution < 1.29 is 0 Å². The van der Waals surface area contributed by atoms with E-state index >= 15 is 0 Å². The van der Waals surface area contributed by atoms with Crippen molar-refractivity contribution in [1.82, 2.24) is 9.38 Å². The lowest BCUT2D eigenvalue weighted by Gasteiger charge is -2.22. The van der Waals surface area contributed by atoms with Crippen LogP contribution < -0.4 is 10.6 Å². The van der Waals surface area contributed by atoms with E-state index in [1.54, 1.807) is 11.3 Å². The molecule has 4 nitrogen and oxygen atoms in total. The first-order valence-corrected chi connectivity index (χ1v) is 8.48. The fraction of sp³-hybridized carbons (Fsp3) is 0.667. The van der Waals surface area contributed by atoms with Crippen LogP contribution in [0.4, 0.5) is 5.82 Å². The maximum absolute atomic E-state index is 6.04. The molecule has 0 spiro atoms. The molecule has 1 aliphatic heterocycles. The first kappa shape index (κ1) is 13.9. The van der Waals surface area contributed by atoms with Gasteiger partial charge in [0.2, 0.25) is 0 Å². The van der Waals surface area contributed by atoms with Crippen molar-refractivity contribution in [3.8, 4) is 0 Å². The Bertz CT molecular complexity index is 571. The number of fused-ring (bicyclic) bond motifs is 1. The van der Waals surface area contributed by atoms with Crippen LogP contribution >= 0.6 is 11.3 Å². The van der Waals surface area contributed by atoms with E-state index in [4.69, 9.17) is 10.7 Å². The molecule has 110 valence electrons. The van der Waals surface area contributed by atoms with Gasteiger partial charge in [-0.2, -0.15) is 0 Å². The van der Waals surface area contributed by atoms with Crippen molar-refractivity contribution in [1.29, 1.82) is 0 Å². The van der Waals surface area contributed by atoms with Crippen LogP contribution in [0, 0.1) is 5.92 Å². The molecule has 0 aliphatic carbocycles. The topological polar surface area (TPSA) is 46.6 Å². The molecule has 2 unspecified atom stereocenters. The minimum atomic E-state index is 0.166. The third-order valence-corrected chi connectivity index (χ3v) is 4.93. The van der Waals surface area contributed by atoms with Gasteiger partial charge in [-0.1, -0.05) is 6.92 Å². The van der Waals surface area contributed by atoms with Gasteiger partial charge >= 0.3 is 0 Å². The molecule has 1 fully saturated rings. The highest BCUT2D eigenvalue weighted by atomic mass is 32.1. The van der Waals surface area contributed by atoms with E-state index in [0.717, 1.165) is 30.4 Å². The number of nitrogens with two attached hydrogens (primary N) is 1. The Kier molecular flexibility index (Phi) is 3.98. The van der Waals surface area contributed by atoms with Crippen LogP contribution in [-0.2, 0) is 6.42 Å². The zero-order chi connectivity index (χ0) is 14.1. The molecule has 2 aromatic heterocycles. The lowest BCUT2D eigenvalue weighted by molar-refractivity contribution is 0.521. The molecule has 1 aliphatic rings. The molecule has 20 heavy (non-hydrogen) atoms. The summed E-state index contributed by atoms with van der Waals surface area (Å²) in [5.74, 6) is 2.00. The van der Waals surface area contributed by atoms with Crippen LogP contribution in [0.25, 0.3) is 4.96 Å². The van der Waals surface area contributed by atoms with Gasteiger partial charge in [0, 0.05) is 37.1 Å². The van der Waals surface area contributed by atoms with Gasteiger partial charge in [0.1, 0.15) is 0 Å². The fourth-order valence-corrected chi connectivity index (χ4v) is 3.77. The van der Waals surface area contributed by atoms with E-state index in [0.29, 0.717) is 0 Å². The van der Waals surface area contributed by atoms with Crippen LogP contribution in [0.3, 0.4) is 0 Å². The van der Waals surface area contributed by atoms with E-state index in [1.807, 2.05) is 0 Å². The summed E-state index contributed by atoms with van der Waals surface area (Å²) in [5, 5.41) is 2.10. The predicted octanol–water partition coefficient (Wildman–Crippen LogP) is 2.91. The molecule has 3 rings (SSSR count). The van der Waals surface area contributed by atoms with E-state index < -0.39 is 0 Å². The summed E-state index contributed by atoms with van der Waals surface area (Å²) in [5.41, 5.74) is 7.32. The Morgan fingerprint density at radius 3 is 3.10 bits per heavy atom. The van der Waals surface area contributed by atoms with E-state index in [9.17, 15) is 0 Å². The average Bonchev–Trinajstić information content (AvgIpc) is 2.89. The standard InChI is InChI=1S/C15H24N4S/c1-11-4-3-6-18(7-5-11)14-13(10-12(2)16)19-8-9-20-15(19)17-14/h8-9,11-12H,3-7,10,16H2,1-2H3. The molecular formula is C15H24N4S. The van der Waals surface area contributed by atoms with Gasteiger partial charge in [-0.3, -0.25) is 4.40 Å². The lowest BCUT2D eigenvalue weighted by Crippen LogP contribution is -2.27. The van der Waals surface area contributed by atoms with Crippen LogP contribution in [0.1, 0.15) is 38.8 Å².